The van der Waals surface area contributed by atoms with Gasteiger partial charge in [-0.15, -0.1) is 0 Å². The highest BCUT2D eigenvalue weighted by Crippen LogP contribution is 2.40. The molecule has 0 spiro atoms. The van der Waals surface area contributed by atoms with Gasteiger partial charge in [0.2, 0.25) is 0 Å². The van der Waals surface area contributed by atoms with Crippen molar-refractivity contribution in [3.05, 3.63) is 0 Å². The van der Waals surface area contributed by atoms with Gasteiger partial charge in [0.05, 0.1) is 0 Å². The van der Waals surface area contributed by atoms with Gasteiger partial charge in [0, 0.05) is 40.0 Å². The van der Waals surface area contributed by atoms with Gasteiger partial charge in [-0.3, -0.25) is 0 Å². The SMILES string of the molecule is CC1(C)CC(N)CC(C)(C)N1I. The van der Waals surface area contributed by atoms with Crippen molar-refractivity contribution in [1.82, 2.24) is 3.11 Å². The molecule has 1 fully saturated rings. The molecule has 0 saturated carbocycles. The standard InChI is InChI=1S/C9H19IN2/c1-8(2)5-7(11)6-9(3,4)12(8)10/h7H,5-6,11H2,1-4H3. The van der Waals surface area contributed by atoms with Crippen LogP contribution in [0.15, 0.2) is 0 Å². The van der Waals surface area contributed by atoms with Crippen molar-refractivity contribution in [1.29, 1.82) is 0 Å². The molecule has 0 aromatic heterocycles. The molecule has 3 heteroatoms. The number of nitrogens with zero attached hydrogens (tertiary/aromatic N) is 1. The van der Waals surface area contributed by atoms with Crippen LogP contribution in [0.4, 0.5) is 0 Å². The third-order valence-electron chi connectivity index (χ3n) is 2.59. The molecule has 0 unspecified atom stereocenters. The third kappa shape index (κ3) is 1.93. The van der Waals surface area contributed by atoms with E-state index in [4.69, 9.17) is 5.73 Å². The molecule has 1 rings (SSSR count). The average Bonchev–Trinajstić information content (AvgIpc) is 1.80. The van der Waals surface area contributed by atoms with Gasteiger partial charge >= 0.3 is 0 Å². The second-order valence-corrected chi connectivity index (χ2v) is 6.04. The summed E-state index contributed by atoms with van der Waals surface area (Å²) < 4.78 is 2.42. The summed E-state index contributed by atoms with van der Waals surface area (Å²) in [5, 5.41) is 0. The zero-order valence-electron chi connectivity index (χ0n) is 8.39. The minimum atomic E-state index is 0.238. The molecule has 0 aromatic rings. The second-order valence-electron chi connectivity index (χ2n) is 5.07. The maximum absolute atomic E-state index is 6.02. The van der Waals surface area contributed by atoms with Crippen LogP contribution in [0, 0.1) is 0 Å². The van der Waals surface area contributed by atoms with Crippen molar-refractivity contribution in [3.63, 3.8) is 0 Å². The maximum Gasteiger partial charge on any atom is 0.0269 e. The monoisotopic (exact) mass is 282 g/mol. The Labute approximate surface area is 89.4 Å². The van der Waals surface area contributed by atoms with E-state index in [2.05, 4.69) is 53.7 Å². The van der Waals surface area contributed by atoms with Gasteiger partial charge in [0.15, 0.2) is 0 Å². The van der Waals surface area contributed by atoms with E-state index in [1.54, 1.807) is 0 Å². The molecule has 1 aliphatic rings. The van der Waals surface area contributed by atoms with E-state index < -0.39 is 0 Å². The lowest BCUT2D eigenvalue weighted by molar-refractivity contribution is 0.0739. The Morgan fingerprint density at radius 3 is 1.83 bits per heavy atom. The molecule has 2 nitrogen and oxygen atoms in total. The van der Waals surface area contributed by atoms with Crippen LogP contribution in [0.25, 0.3) is 0 Å². The number of rotatable bonds is 0. The summed E-state index contributed by atoms with van der Waals surface area (Å²) in [7, 11) is 0. The number of hydrogen-bond donors (Lipinski definition) is 1. The van der Waals surface area contributed by atoms with E-state index in [0.717, 1.165) is 12.8 Å². The lowest BCUT2D eigenvalue weighted by Crippen LogP contribution is -2.58. The highest BCUT2D eigenvalue weighted by atomic mass is 127. The van der Waals surface area contributed by atoms with Crippen molar-refractivity contribution in [2.45, 2.75) is 57.7 Å². The van der Waals surface area contributed by atoms with Crippen molar-refractivity contribution in [2.24, 2.45) is 5.73 Å². The largest absolute Gasteiger partial charge is 0.328 e. The van der Waals surface area contributed by atoms with Crippen LogP contribution in [0.2, 0.25) is 0 Å². The Kier molecular flexibility index (Phi) is 2.77. The van der Waals surface area contributed by atoms with E-state index in [-0.39, 0.29) is 11.1 Å². The molecule has 0 bridgehead atoms. The predicted octanol–water partition coefficient (Wildman–Crippen LogP) is 2.32. The van der Waals surface area contributed by atoms with Gasteiger partial charge < -0.3 is 5.73 Å². The lowest BCUT2D eigenvalue weighted by atomic mass is 9.80. The summed E-state index contributed by atoms with van der Waals surface area (Å²) in [4.78, 5) is 0. The molecule has 72 valence electrons. The molecule has 0 amide bonds. The van der Waals surface area contributed by atoms with Crippen molar-refractivity contribution < 1.29 is 0 Å². The summed E-state index contributed by atoms with van der Waals surface area (Å²) in [5.41, 5.74) is 6.49. The Hall–Kier alpha value is 0.650. The first kappa shape index (κ1) is 10.7. The van der Waals surface area contributed by atoms with Crippen LogP contribution in [0.5, 0.6) is 0 Å². The Morgan fingerprint density at radius 2 is 1.50 bits per heavy atom. The molecule has 12 heavy (non-hydrogen) atoms. The molecule has 1 saturated heterocycles. The van der Waals surface area contributed by atoms with Crippen molar-refractivity contribution in [3.8, 4) is 0 Å². The molecule has 1 heterocycles. The van der Waals surface area contributed by atoms with Crippen molar-refractivity contribution in [2.75, 3.05) is 0 Å². The fraction of sp³-hybridized carbons (Fsp3) is 1.00. The fourth-order valence-electron chi connectivity index (χ4n) is 2.34. The quantitative estimate of drug-likeness (QED) is 0.546. The zero-order valence-corrected chi connectivity index (χ0v) is 10.6. The van der Waals surface area contributed by atoms with E-state index >= 15 is 0 Å². The van der Waals surface area contributed by atoms with Gasteiger partial charge in [-0.1, -0.05) is 0 Å². The van der Waals surface area contributed by atoms with Crippen LogP contribution < -0.4 is 5.73 Å². The molecule has 0 aromatic carbocycles. The third-order valence-corrected chi connectivity index (χ3v) is 5.20. The van der Waals surface area contributed by atoms with Gasteiger partial charge in [-0.2, -0.15) is 0 Å². The maximum atomic E-state index is 6.02. The Morgan fingerprint density at radius 1 is 1.17 bits per heavy atom. The summed E-state index contributed by atoms with van der Waals surface area (Å²) in [6.07, 6.45) is 2.19. The van der Waals surface area contributed by atoms with Crippen LogP contribution in [0.1, 0.15) is 40.5 Å². The fourth-order valence-corrected chi connectivity index (χ4v) is 2.73. The van der Waals surface area contributed by atoms with E-state index in [0.29, 0.717) is 6.04 Å². The van der Waals surface area contributed by atoms with Gasteiger partial charge in [-0.25, -0.2) is 3.11 Å². The lowest BCUT2D eigenvalue weighted by Gasteiger charge is -2.51. The minimum absolute atomic E-state index is 0.238. The molecule has 1 aliphatic heterocycles. The van der Waals surface area contributed by atoms with Gasteiger partial charge in [0.1, 0.15) is 0 Å². The smallest absolute Gasteiger partial charge is 0.0269 e. The molecule has 0 radical (unpaired) electrons. The first-order valence-electron chi connectivity index (χ1n) is 4.47. The van der Waals surface area contributed by atoms with E-state index in [9.17, 15) is 0 Å². The topological polar surface area (TPSA) is 29.3 Å². The molecular weight excluding hydrogens is 263 g/mol. The van der Waals surface area contributed by atoms with Gasteiger partial charge in [0.25, 0.3) is 0 Å². The minimum Gasteiger partial charge on any atom is -0.328 e. The second kappa shape index (κ2) is 3.10. The first-order chi connectivity index (χ1) is 5.26. The van der Waals surface area contributed by atoms with Gasteiger partial charge in [-0.05, 0) is 40.5 Å². The summed E-state index contributed by atoms with van der Waals surface area (Å²) >= 11 is 2.43. The Balaban J connectivity index is 2.84. The number of hydrogen-bond acceptors (Lipinski definition) is 2. The first-order valence-corrected chi connectivity index (χ1v) is 5.44. The van der Waals surface area contributed by atoms with Crippen molar-refractivity contribution >= 4 is 22.9 Å². The normalized spacial score (nSPS) is 30.5. The molecular formula is C9H19IN2. The van der Waals surface area contributed by atoms with Crippen LogP contribution in [-0.4, -0.2) is 20.2 Å². The predicted molar refractivity (Wildman–Crippen MR) is 61.2 cm³/mol. The van der Waals surface area contributed by atoms with E-state index in [1.165, 1.54) is 0 Å². The summed E-state index contributed by atoms with van der Waals surface area (Å²) in [6.45, 7) is 9.06. The van der Waals surface area contributed by atoms with Crippen LogP contribution >= 0.6 is 22.9 Å². The highest BCUT2D eigenvalue weighted by Gasteiger charge is 2.42. The zero-order chi connectivity index (χ0) is 9.57. The molecule has 0 aliphatic carbocycles. The number of nitrogens with two attached hydrogens (primary N) is 1. The molecule has 2 N–H and O–H groups in total. The number of piperidine rings is 1. The molecule has 0 atom stereocenters. The Bertz CT molecular complexity index is 159. The highest BCUT2D eigenvalue weighted by molar-refractivity contribution is 14.1. The van der Waals surface area contributed by atoms with Crippen LogP contribution in [-0.2, 0) is 0 Å². The number of halogens is 1. The summed E-state index contributed by atoms with van der Waals surface area (Å²) in [6, 6.07) is 0.362. The average molecular weight is 282 g/mol. The van der Waals surface area contributed by atoms with Crippen LogP contribution in [0.3, 0.4) is 0 Å². The van der Waals surface area contributed by atoms with E-state index in [1.807, 2.05) is 0 Å². The summed E-state index contributed by atoms with van der Waals surface area (Å²) in [5.74, 6) is 0.